The van der Waals surface area contributed by atoms with E-state index in [0.717, 1.165) is 12.8 Å². The van der Waals surface area contributed by atoms with Crippen molar-refractivity contribution in [2.75, 3.05) is 7.11 Å². The lowest BCUT2D eigenvalue weighted by Crippen LogP contribution is -2.31. The maximum atomic E-state index is 11.2. The zero-order chi connectivity index (χ0) is 13.7. The number of carbonyl (C=O) groups is 1. The molecule has 0 aromatic heterocycles. The zero-order valence-corrected chi connectivity index (χ0v) is 11.7. The van der Waals surface area contributed by atoms with Gasteiger partial charge in [-0.1, -0.05) is 17.7 Å². The van der Waals surface area contributed by atoms with E-state index in [1.54, 1.807) is 0 Å². The van der Waals surface area contributed by atoms with Crippen LogP contribution in [0.5, 0.6) is 0 Å². The Hall–Kier alpha value is -1.35. The Kier molecular flexibility index (Phi) is 5.35. The molecule has 0 aliphatic carbocycles. The number of nitrogens with two attached hydrogens (primary N) is 1. The number of ether oxygens (including phenoxy) is 1. The van der Waals surface area contributed by atoms with Crippen molar-refractivity contribution in [1.82, 2.24) is 0 Å². The number of rotatable bonds is 5. The number of aryl methyl sites for hydroxylation is 3. The Bertz CT molecular complexity index is 403. The summed E-state index contributed by atoms with van der Waals surface area (Å²) in [5.74, 6) is -0.327. The molecule has 0 spiro atoms. The number of hydrogen-bond donors (Lipinski definition) is 1. The molecule has 1 unspecified atom stereocenters. The van der Waals surface area contributed by atoms with Crippen molar-refractivity contribution in [1.29, 1.82) is 0 Å². The van der Waals surface area contributed by atoms with Gasteiger partial charge in [-0.2, -0.15) is 0 Å². The molecule has 0 fully saturated rings. The number of benzene rings is 1. The summed E-state index contributed by atoms with van der Waals surface area (Å²) in [6, 6.07) is 3.89. The van der Waals surface area contributed by atoms with Crippen LogP contribution in [0.1, 0.15) is 35.1 Å². The maximum Gasteiger partial charge on any atom is 0.322 e. The van der Waals surface area contributed by atoms with Crippen LogP contribution < -0.4 is 5.73 Å². The minimum Gasteiger partial charge on any atom is -0.468 e. The number of methoxy groups -OCH3 is 1. The fourth-order valence-corrected chi connectivity index (χ4v) is 2.37. The Morgan fingerprint density at radius 3 is 2.33 bits per heavy atom. The lowest BCUT2D eigenvalue weighted by Gasteiger charge is -2.13. The number of esters is 1. The van der Waals surface area contributed by atoms with E-state index in [0.29, 0.717) is 6.42 Å². The van der Waals surface area contributed by atoms with E-state index in [9.17, 15) is 4.79 Å². The summed E-state index contributed by atoms with van der Waals surface area (Å²) in [5.41, 5.74) is 11.0. The molecule has 3 nitrogen and oxygen atoms in total. The third-order valence-corrected chi connectivity index (χ3v) is 3.29. The highest BCUT2D eigenvalue weighted by molar-refractivity contribution is 5.75. The average Bonchev–Trinajstić information content (AvgIpc) is 2.31. The van der Waals surface area contributed by atoms with Crippen molar-refractivity contribution >= 4 is 5.97 Å². The van der Waals surface area contributed by atoms with Gasteiger partial charge < -0.3 is 10.5 Å². The third kappa shape index (κ3) is 3.84. The first-order valence-electron chi connectivity index (χ1n) is 6.36. The molecule has 0 saturated carbocycles. The van der Waals surface area contributed by atoms with E-state index in [-0.39, 0.29) is 5.97 Å². The van der Waals surface area contributed by atoms with Gasteiger partial charge in [0.15, 0.2) is 0 Å². The summed E-state index contributed by atoms with van der Waals surface area (Å²) in [4.78, 5) is 11.2. The van der Waals surface area contributed by atoms with Crippen LogP contribution in [0.25, 0.3) is 0 Å². The Morgan fingerprint density at radius 2 is 1.83 bits per heavy atom. The first-order chi connectivity index (χ1) is 8.45. The van der Waals surface area contributed by atoms with Gasteiger partial charge in [-0.05, 0) is 56.7 Å². The molecule has 1 rings (SSSR count). The molecule has 0 saturated heterocycles. The van der Waals surface area contributed by atoms with E-state index in [4.69, 9.17) is 5.73 Å². The SMILES string of the molecule is COC(=O)C(N)CCCc1c(C)cc(C)cc1C. The summed E-state index contributed by atoms with van der Waals surface area (Å²) in [5, 5.41) is 0. The number of carbonyl (C=O) groups excluding carboxylic acids is 1. The summed E-state index contributed by atoms with van der Waals surface area (Å²) in [7, 11) is 1.37. The van der Waals surface area contributed by atoms with Gasteiger partial charge in [-0.15, -0.1) is 0 Å². The van der Waals surface area contributed by atoms with Crippen molar-refractivity contribution in [3.8, 4) is 0 Å². The molecular weight excluding hydrogens is 226 g/mol. The highest BCUT2D eigenvalue weighted by atomic mass is 16.5. The van der Waals surface area contributed by atoms with E-state index in [1.165, 1.54) is 29.4 Å². The summed E-state index contributed by atoms with van der Waals surface area (Å²) in [6.07, 6.45) is 2.53. The Labute approximate surface area is 109 Å². The monoisotopic (exact) mass is 249 g/mol. The van der Waals surface area contributed by atoms with Crippen LogP contribution in [0, 0.1) is 20.8 Å². The molecule has 3 heteroatoms. The fraction of sp³-hybridized carbons (Fsp3) is 0.533. The first-order valence-corrected chi connectivity index (χ1v) is 6.36. The van der Waals surface area contributed by atoms with Crippen LogP contribution in [0.4, 0.5) is 0 Å². The van der Waals surface area contributed by atoms with E-state index in [1.807, 2.05) is 0 Å². The molecule has 1 atom stereocenters. The molecule has 0 aliphatic heterocycles. The van der Waals surface area contributed by atoms with Gasteiger partial charge in [0.2, 0.25) is 0 Å². The van der Waals surface area contributed by atoms with Gasteiger partial charge in [0.05, 0.1) is 7.11 Å². The second-order valence-corrected chi connectivity index (χ2v) is 4.90. The molecule has 1 aromatic rings. The van der Waals surface area contributed by atoms with Crippen LogP contribution in [0.2, 0.25) is 0 Å². The molecule has 0 radical (unpaired) electrons. The second-order valence-electron chi connectivity index (χ2n) is 4.90. The van der Waals surface area contributed by atoms with Gasteiger partial charge in [-0.3, -0.25) is 4.79 Å². The van der Waals surface area contributed by atoms with Crippen LogP contribution >= 0.6 is 0 Å². The van der Waals surface area contributed by atoms with Gasteiger partial charge >= 0.3 is 5.97 Å². The standard InChI is InChI=1S/C15H23NO2/c1-10-8-11(2)13(12(3)9-10)6-5-7-14(16)15(17)18-4/h8-9,14H,5-7,16H2,1-4H3. The van der Waals surface area contributed by atoms with Crippen molar-refractivity contribution in [3.63, 3.8) is 0 Å². The van der Waals surface area contributed by atoms with Crippen molar-refractivity contribution < 1.29 is 9.53 Å². The van der Waals surface area contributed by atoms with Crippen LogP contribution in [0.3, 0.4) is 0 Å². The maximum absolute atomic E-state index is 11.2. The van der Waals surface area contributed by atoms with Crippen LogP contribution in [0.15, 0.2) is 12.1 Å². The first kappa shape index (κ1) is 14.7. The molecule has 0 bridgehead atoms. The fourth-order valence-electron chi connectivity index (χ4n) is 2.37. The predicted octanol–water partition coefficient (Wildman–Crippen LogP) is 2.43. The smallest absolute Gasteiger partial charge is 0.322 e. The van der Waals surface area contributed by atoms with Gasteiger partial charge in [0.1, 0.15) is 6.04 Å². The van der Waals surface area contributed by atoms with Crippen LogP contribution in [-0.4, -0.2) is 19.1 Å². The third-order valence-electron chi connectivity index (χ3n) is 3.29. The topological polar surface area (TPSA) is 52.3 Å². The van der Waals surface area contributed by atoms with Gasteiger partial charge in [0.25, 0.3) is 0 Å². The molecular formula is C15H23NO2. The lowest BCUT2D eigenvalue weighted by molar-refractivity contribution is -0.142. The summed E-state index contributed by atoms with van der Waals surface area (Å²) in [6.45, 7) is 6.38. The number of hydrogen-bond acceptors (Lipinski definition) is 3. The summed E-state index contributed by atoms with van der Waals surface area (Å²) >= 11 is 0. The highest BCUT2D eigenvalue weighted by Gasteiger charge is 2.13. The van der Waals surface area contributed by atoms with Gasteiger partial charge in [0, 0.05) is 0 Å². The minimum atomic E-state index is -0.499. The van der Waals surface area contributed by atoms with Crippen molar-refractivity contribution in [2.45, 2.75) is 46.1 Å². The zero-order valence-electron chi connectivity index (χ0n) is 11.7. The normalized spacial score (nSPS) is 12.3. The summed E-state index contributed by atoms with van der Waals surface area (Å²) < 4.78 is 4.61. The molecule has 2 N–H and O–H groups in total. The molecule has 0 heterocycles. The van der Waals surface area contributed by atoms with Gasteiger partial charge in [-0.25, -0.2) is 0 Å². The Morgan fingerprint density at radius 1 is 1.28 bits per heavy atom. The van der Waals surface area contributed by atoms with Crippen LogP contribution in [-0.2, 0) is 16.0 Å². The molecule has 1 aromatic carbocycles. The second kappa shape index (κ2) is 6.55. The quantitative estimate of drug-likeness (QED) is 0.815. The molecule has 100 valence electrons. The highest BCUT2D eigenvalue weighted by Crippen LogP contribution is 2.18. The van der Waals surface area contributed by atoms with Crippen molar-refractivity contribution in [3.05, 3.63) is 34.4 Å². The predicted molar refractivity (Wildman–Crippen MR) is 73.6 cm³/mol. The average molecular weight is 249 g/mol. The van der Waals surface area contributed by atoms with E-state index in [2.05, 4.69) is 37.6 Å². The molecule has 0 amide bonds. The van der Waals surface area contributed by atoms with E-state index >= 15 is 0 Å². The van der Waals surface area contributed by atoms with Crippen molar-refractivity contribution in [2.24, 2.45) is 5.73 Å². The molecule has 0 aliphatic rings. The minimum absolute atomic E-state index is 0.327. The molecule has 18 heavy (non-hydrogen) atoms. The Balaban J connectivity index is 2.57. The van der Waals surface area contributed by atoms with E-state index < -0.39 is 6.04 Å². The lowest BCUT2D eigenvalue weighted by atomic mass is 9.95. The largest absolute Gasteiger partial charge is 0.468 e.